The predicted octanol–water partition coefficient (Wildman–Crippen LogP) is 2.00. The summed E-state index contributed by atoms with van der Waals surface area (Å²) < 4.78 is 18.5. The molecular weight excluding hydrogens is 221 g/mol. The number of benzene rings is 1. The standard InChI is InChI=1S/C13H18FNO2/c1-3-13(9-15,8-12(16)17-2)10-6-4-5-7-11(10)14/h4-7H,3,8-9,15H2,1-2H3. The lowest BCUT2D eigenvalue weighted by molar-refractivity contribution is -0.142. The third-order valence-corrected chi connectivity index (χ3v) is 3.22. The van der Waals surface area contributed by atoms with Gasteiger partial charge in [-0.15, -0.1) is 0 Å². The van der Waals surface area contributed by atoms with Gasteiger partial charge in [0.05, 0.1) is 13.5 Å². The Morgan fingerprint density at radius 2 is 2.12 bits per heavy atom. The highest BCUT2D eigenvalue weighted by Gasteiger charge is 2.34. The van der Waals surface area contributed by atoms with E-state index < -0.39 is 5.41 Å². The Morgan fingerprint density at radius 1 is 1.47 bits per heavy atom. The number of rotatable bonds is 5. The Labute approximate surface area is 101 Å². The quantitative estimate of drug-likeness (QED) is 0.799. The highest BCUT2D eigenvalue weighted by molar-refractivity contribution is 5.71. The molecule has 3 nitrogen and oxygen atoms in total. The molecule has 0 aromatic heterocycles. The summed E-state index contributed by atoms with van der Waals surface area (Å²) in [4.78, 5) is 11.4. The van der Waals surface area contributed by atoms with Crippen LogP contribution in [0.25, 0.3) is 0 Å². The van der Waals surface area contributed by atoms with Crippen molar-refractivity contribution in [2.75, 3.05) is 13.7 Å². The van der Waals surface area contributed by atoms with Crippen molar-refractivity contribution >= 4 is 5.97 Å². The van der Waals surface area contributed by atoms with Crippen LogP contribution in [0.5, 0.6) is 0 Å². The molecule has 4 heteroatoms. The van der Waals surface area contributed by atoms with Crippen molar-refractivity contribution in [3.8, 4) is 0 Å². The van der Waals surface area contributed by atoms with E-state index in [0.29, 0.717) is 12.0 Å². The highest BCUT2D eigenvalue weighted by atomic mass is 19.1. The number of carbonyl (C=O) groups excluding carboxylic acids is 1. The molecule has 2 N–H and O–H groups in total. The summed E-state index contributed by atoms with van der Waals surface area (Å²) in [5, 5.41) is 0. The van der Waals surface area contributed by atoms with Crippen LogP contribution in [-0.4, -0.2) is 19.6 Å². The first-order chi connectivity index (χ1) is 8.09. The minimum Gasteiger partial charge on any atom is -0.469 e. The van der Waals surface area contributed by atoms with Gasteiger partial charge in [-0.05, 0) is 18.1 Å². The Bertz CT molecular complexity index is 389. The van der Waals surface area contributed by atoms with Gasteiger partial charge in [-0.2, -0.15) is 0 Å². The first-order valence-electron chi connectivity index (χ1n) is 5.61. The molecule has 0 fully saturated rings. The Balaban J connectivity index is 3.15. The van der Waals surface area contributed by atoms with Crippen LogP contribution in [0, 0.1) is 5.82 Å². The second kappa shape index (κ2) is 5.77. The minimum absolute atomic E-state index is 0.0947. The predicted molar refractivity (Wildman–Crippen MR) is 64.1 cm³/mol. The van der Waals surface area contributed by atoms with Crippen molar-refractivity contribution in [3.05, 3.63) is 35.6 Å². The van der Waals surface area contributed by atoms with E-state index in [4.69, 9.17) is 5.73 Å². The molecule has 1 aromatic rings. The Morgan fingerprint density at radius 3 is 2.59 bits per heavy atom. The van der Waals surface area contributed by atoms with Gasteiger partial charge in [0.2, 0.25) is 0 Å². The molecule has 0 heterocycles. The molecule has 0 bridgehead atoms. The molecule has 94 valence electrons. The van der Waals surface area contributed by atoms with Gasteiger partial charge >= 0.3 is 5.97 Å². The summed E-state index contributed by atoms with van der Waals surface area (Å²) in [5.41, 5.74) is 5.55. The summed E-state index contributed by atoms with van der Waals surface area (Å²) in [6.07, 6.45) is 0.678. The van der Waals surface area contributed by atoms with Gasteiger partial charge < -0.3 is 10.5 Å². The Kier molecular flexibility index (Phi) is 4.63. The SMILES string of the molecule is CCC(CN)(CC(=O)OC)c1ccccc1F. The van der Waals surface area contributed by atoms with E-state index in [1.54, 1.807) is 18.2 Å². The monoisotopic (exact) mass is 239 g/mol. The van der Waals surface area contributed by atoms with Gasteiger partial charge in [0.25, 0.3) is 0 Å². The van der Waals surface area contributed by atoms with E-state index in [1.165, 1.54) is 13.2 Å². The van der Waals surface area contributed by atoms with Gasteiger partial charge in [-0.25, -0.2) is 4.39 Å². The molecule has 0 spiro atoms. The lowest BCUT2D eigenvalue weighted by Gasteiger charge is -2.31. The molecule has 0 aliphatic carbocycles. The molecule has 0 saturated carbocycles. The fourth-order valence-electron chi connectivity index (χ4n) is 1.98. The van der Waals surface area contributed by atoms with E-state index >= 15 is 0 Å². The van der Waals surface area contributed by atoms with Crippen molar-refractivity contribution in [2.45, 2.75) is 25.2 Å². The molecular formula is C13H18FNO2. The molecule has 1 atom stereocenters. The average molecular weight is 239 g/mol. The molecule has 1 unspecified atom stereocenters. The number of hydrogen-bond donors (Lipinski definition) is 1. The summed E-state index contributed by atoms with van der Waals surface area (Å²) in [6.45, 7) is 2.10. The van der Waals surface area contributed by atoms with Crippen LogP contribution in [0.4, 0.5) is 4.39 Å². The van der Waals surface area contributed by atoms with E-state index in [1.807, 2.05) is 6.92 Å². The molecule has 0 aliphatic rings. The number of carbonyl (C=O) groups is 1. The van der Waals surface area contributed by atoms with E-state index in [-0.39, 0.29) is 24.8 Å². The molecule has 17 heavy (non-hydrogen) atoms. The van der Waals surface area contributed by atoms with Crippen molar-refractivity contribution in [1.29, 1.82) is 0 Å². The molecule has 0 saturated heterocycles. The highest BCUT2D eigenvalue weighted by Crippen LogP contribution is 2.32. The number of hydrogen-bond acceptors (Lipinski definition) is 3. The third-order valence-electron chi connectivity index (χ3n) is 3.22. The maximum atomic E-state index is 13.8. The fraction of sp³-hybridized carbons (Fsp3) is 0.462. The summed E-state index contributed by atoms with van der Waals surface area (Å²) in [7, 11) is 1.32. The van der Waals surface area contributed by atoms with Crippen LogP contribution in [-0.2, 0) is 14.9 Å². The minimum atomic E-state index is -0.682. The van der Waals surface area contributed by atoms with Crippen molar-refractivity contribution in [2.24, 2.45) is 5.73 Å². The number of ether oxygens (including phenoxy) is 1. The van der Waals surface area contributed by atoms with E-state index in [0.717, 1.165) is 0 Å². The number of halogens is 1. The summed E-state index contributed by atoms with van der Waals surface area (Å²) in [5.74, 6) is -0.704. The zero-order valence-corrected chi connectivity index (χ0v) is 10.2. The van der Waals surface area contributed by atoms with E-state index in [2.05, 4.69) is 4.74 Å². The first-order valence-corrected chi connectivity index (χ1v) is 5.61. The maximum Gasteiger partial charge on any atom is 0.306 e. The largest absolute Gasteiger partial charge is 0.469 e. The molecule has 0 amide bonds. The lowest BCUT2D eigenvalue weighted by Crippen LogP contribution is -2.38. The number of esters is 1. The van der Waals surface area contributed by atoms with Crippen LogP contribution < -0.4 is 5.73 Å². The van der Waals surface area contributed by atoms with Gasteiger partial charge in [-0.1, -0.05) is 25.1 Å². The Hall–Kier alpha value is -1.42. The molecule has 0 aliphatic heterocycles. The zero-order chi connectivity index (χ0) is 12.9. The molecule has 1 rings (SSSR count). The second-order valence-corrected chi connectivity index (χ2v) is 4.07. The zero-order valence-electron chi connectivity index (χ0n) is 10.2. The second-order valence-electron chi connectivity index (χ2n) is 4.07. The number of nitrogens with two attached hydrogens (primary N) is 1. The van der Waals surface area contributed by atoms with Crippen molar-refractivity contribution in [3.63, 3.8) is 0 Å². The van der Waals surface area contributed by atoms with Crippen LogP contribution in [0.15, 0.2) is 24.3 Å². The van der Waals surface area contributed by atoms with Crippen molar-refractivity contribution < 1.29 is 13.9 Å². The lowest BCUT2D eigenvalue weighted by atomic mass is 9.75. The molecule has 1 aromatic carbocycles. The first kappa shape index (κ1) is 13.6. The van der Waals surface area contributed by atoms with Crippen molar-refractivity contribution in [1.82, 2.24) is 0 Å². The normalized spacial score (nSPS) is 14.1. The van der Waals surface area contributed by atoms with Gasteiger partial charge in [0.15, 0.2) is 0 Å². The van der Waals surface area contributed by atoms with Crippen LogP contribution >= 0.6 is 0 Å². The fourth-order valence-corrected chi connectivity index (χ4v) is 1.98. The smallest absolute Gasteiger partial charge is 0.306 e. The topological polar surface area (TPSA) is 52.3 Å². The maximum absolute atomic E-state index is 13.8. The summed E-state index contributed by atoms with van der Waals surface area (Å²) in [6, 6.07) is 6.42. The third kappa shape index (κ3) is 2.82. The number of methoxy groups -OCH3 is 1. The van der Waals surface area contributed by atoms with Crippen LogP contribution in [0.1, 0.15) is 25.3 Å². The van der Waals surface area contributed by atoms with Crippen LogP contribution in [0.3, 0.4) is 0 Å². The van der Waals surface area contributed by atoms with E-state index in [9.17, 15) is 9.18 Å². The molecule has 0 radical (unpaired) electrons. The van der Waals surface area contributed by atoms with Crippen LogP contribution in [0.2, 0.25) is 0 Å². The summed E-state index contributed by atoms with van der Waals surface area (Å²) >= 11 is 0. The van der Waals surface area contributed by atoms with Gasteiger partial charge in [-0.3, -0.25) is 4.79 Å². The van der Waals surface area contributed by atoms with Gasteiger partial charge in [0.1, 0.15) is 5.82 Å². The average Bonchev–Trinajstić information content (AvgIpc) is 2.36. The van der Waals surface area contributed by atoms with Gasteiger partial charge in [0, 0.05) is 12.0 Å².